The van der Waals surface area contributed by atoms with Gasteiger partial charge in [0.1, 0.15) is 0 Å². The van der Waals surface area contributed by atoms with Crippen LogP contribution in [0, 0.1) is 10.1 Å². The van der Waals surface area contributed by atoms with Crippen molar-refractivity contribution in [3.63, 3.8) is 0 Å². The fourth-order valence-electron chi connectivity index (χ4n) is 3.61. The molecule has 7 nitrogen and oxygen atoms in total. The lowest BCUT2D eigenvalue weighted by molar-refractivity contribution is -0.384. The maximum absolute atomic E-state index is 12.4. The van der Waals surface area contributed by atoms with Crippen LogP contribution in [-0.4, -0.2) is 15.8 Å². The third-order valence-electron chi connectivity index (χ3n) is 5.01. The first-order chi connectivity index (χ1) is 13.6. The van der Waals surface area contributed by atoms with E-state index in [1.165, 1.54) is 17.7 Å². The van der Waals surface area contributed by atoms with Crippen molar-refractivity contribution in [2.24, 2.45) is 0 Å². The Balaban J connectivity index is 1.52. The number of nitrogens with one attached hydrogen (secondary N) is 2. The second kappa shape index (κ2) is 7.64. The fraction of sp³-hybridized carbons (Fsp3) is 0.238. The molecule has 2 aromatic carbocycles. The minimum atomic E-state index is -0.455. The van der Waals surface area contributed by atoms with Crippen LogP contribution in [0.3, 0.4) is 0 Å². The molecule has 0 unspecified atom stereocenters. The largest absolute Gasteiger partial charge is 0.298 e. The van der Waals surface area contributed by atoms with E-state index in [0.717, 1.165) is 48.0 Å². The predicted molar refractivity (Wildman–Crippen MR) is 107 cm³/mol. The van der Waals surface area contributed by atoms with E-state index >= 15 is 0 Å². The van der Waals surface area contributed by atoms with Gasteiger partial charge in [0.25, 0.3) is 5.69 Å². The zero-order chi connectivity index (χ0) is 19.5. The number of benzene rings is 2. The van der Waals surface area contributed by atoms with E-state index in [1.807, 2.05) is 24.3 Å². The van der Waals surface area contributed by atoms with E-state index in [1.54, 1.807) is 12.1 Å². The molecular weight excluding hydrogens is 356 g/mol. The maximum atomic E-state index is 12.4. The fourth-order valence-corrected chi connectivity index (χ4v) is 3.61. The Morgan fingerprint density at radius 2 is 1.82 bits per heavy atom. The molecule has 28 heavy (non-hydrogen) atoms. The molecule has 4 rings (SSSR count). The third kappa shape index (κ3) is 3.64. The van der Waals surface area contributed by atoms with Gasteiger partial charge in [-0.2, -0.15) is 0 Å². The van der Waals surface area contributed by atoms with Gasteiger partial charge >= 0.3 is 0 Å². The van der Waals surface area contributed by atoms with Crippen molar-refractivity contribution in [1.29, 1.82) is 0 Å². The summed E-state index contributed by atoms with van der Waals surface area (Å²) in [5, 5.41) is 11.7. The molecule has 1 amide bonds. The summed E-state index contributed by atoms with van der Waals surface area (Å²) in [7, 11) is 0. The summed E-state index contributed by atoms with van der Waals surface area (Å²) in [5.74, 6) is -0.209. The number of nitro groups is 1. The van der Waals surface area contributed by atoms with Gasteiger partial charge in [0.15, 0.2) is 0 Å². The zero-order valence-corrected chi connectivity index (χ0v) is 15.3. The number of non-ortho nitro benzene ring substituents is 1. The molecule has 1 heterocycles. The van der Waals surface area contributed by atoms with Crippen molar-refractivity contribution in [1.82, 2.24) is 10.4 Å². The van der Waals surface area contributed by atoms with Gasteiger partial charge in [-0.3, -0.25) is 30.7 Å². The van der Waals surface area contributed by atoms with E-state index in [2.05, 4.69) is 10.9 Å². The van der Waals surface area contributed by atoms with Crippen LogP contribution in [0.1, 0.15) is 29.7 Å². The third-order valence-corrected chi connectivity index (χ3v) is 5.01. The molecule has 1 aliphatic carbocycles. The number of carbonyl (C=O) groups excluding carboxylic acids is 1. The number of carbonyl (C=O) groups is 1. The number of anilines is 1. The summed E-state index contributed by atoms with van der Waals surface area (Å²) in [6.07, 6.45) is 4.26. The van der Waals surface area contributed by atoms with Crippen molar-refractivity contribution < 1.29 is 9.72 Å². The van der Waals surface area contributed by atoms with Gasteiger partial charge in [-0.05, 0) is 42.9 Å². The topological polar surface area (TPSA) is 97.2 Å². The number of nitrogens with zero attached hydrogens (tertiary/aromatic N) is 2. The molecule has 1 aliphatic rings. The summed E-state index contributed by atoms with van der Waals surface area (Å²) in [6.45, 7) is 0. The van der Waals surface area contributed by atoms with Crippen molar-refractivity contribution in [3.05, 3.63) is 75.5 Å². The Labute approximate surface area is 161 Å². The molecule has 7 heteroatoms. The number of hydrogen-bond donors (Lipinski definition) is 2. The normalized spacial score (nSPS) is 13.0. The average molecular weight is 376 g/mol. The summed E-state index contributed by atoms with van der Waals surface area (Å²) < 4.78 is 0. The molecule has 0 spiro atoms. The van der Waals surface area contributed by atoms with E-state index in [4.69, 9.17) is 4.98 Å². The van der Waals surface area contributed by atoms with Crippen LogP contribution in [-0.2, 0) is 24.1 Å². The molecule has 142 valence electrons. The summed E-state index contributed by atoms with van der Waals surface area (Å²) in [5.41, 5.74) is 10.7. The first-order valence-electron chi connectivity index (χ1n) is 9.30. The quantitative estimate of drug-likeness (QED) is 0.523. The highest BCUT2D eigenvalue weighted by molar-refractivity contribution is 5.94. The highest BCUT2D eigenvalue weighted by Gasteiger charge is 2.18. The lowest BCUT2D eigenvalue weighted by Crippen LogP contribution is -2.31. The van der Waals surface area contributed by atoms with Crippen LogP contribution in [0.25, 0.3) is 10.9 Å². The average Bonchev–Trinajstić information content (AvgIpc) is 2.71. The van der Waals surface area contributed by atoms with Crippen molar-refractivity contribution >= 4 is 28.2 Å². The van der Waals surface area contributed by atoms with Gasteiger partial charge in [0.05, 0.1) is 22.5 Å². The molecule has 0 fully saturated rings. The van der Waals surface area contributed by atoms with Crippen LogP contribution in [0.5, 0.6) is 0 Å². The monoisotopic (exact) mass is 376 g/mol. The summed E-state index contributed by atoms with van der Waals surface area (Å²) in [4.78, 5) is 27.4. The number of hydrogen-bond acceptors (Lipinski definition) is 5. The Hall–Kier alpha value is -3.48. The molecule has 0 radical (unpaired) electrons. The predicted octanol–water partition coefficient (Wildman–Crippen LogP) is 3.71. The number of pyridine rings is 1. The second-order valence-corrected chi connectivity index (χ2v) is 6.91. The lowest BCUT2D eigenvalue weighted by Gasteiger charge is -2.21. The van der Waals surface area contributed by atoms with E-state index in [9.17, 15) is 14.9 Å². The smallest absolute Gasteiger partial charge is 0.269 e. The summed E-state index contributed by atoms with van der Waals surface area (Å²) in [6, 6.07) is 13.9. The molecule has 0 saturated carbocycles. The first kappa shape index (κ1) is 17.9. The zero-order valence-electron chi connectivity index (χ0n) is 15.3. The van der Waals surface area contributed by atoms with Crippen molar-refractivity contribution in [3.8, 4) is 0 Å². The molecule has 3 aromatic rings. The Bertz CT molecular complexity index is 1050. The number of amides is 1. The SMILES string of the molecule is O=C(Cc1ccc([N+](=O)[O-])cc1)NNc1c2c(nc3ccccc13)CCCC2. The Morgan fingerprint density at radius 1 is 1.07 bits per heavy atom. The van der Waals surface area contributed by atoms with Crippen LogP contribution in [0.4, 0.5) is 11.4 Å². The lowest BCUT2D eigenvalue weighted by atomic mass is 9.93. The van der Waals surface area contributed by atoms with Gasteiger partial charge < -0.3 is 0 Å². The number of para-hydroxylation sites is 1. The molecule has 0 aliphatic heterocycles. The van der Waals surface area contributed by atoms with Gasteiger partial charge in [-0.25, -0.2) is 0 Å². The number of hydrazine groups is 1. The van der Waals surface area contributed by atoms with Crippen molar-refractivity contribution in [2.45, 2.75) is 32.1 Å². The van der Waals surface area contributed by atoms with Crippen LogP contribution >= 0.6 is 0 Å². The molecule has 0 bridgehead atoms. The summed E-state index contributed by atoms with van der Waals surface area (Å²) >= 11 is 0. The number of aryl methyl sites for hydroxylation is 1. The molecule has 0 saturated heterocycles. The minimum Gasteiger partial charge on any atom is -0.298 e. The Morgan fingerprint density at radius 3 is 2.61 bits per heavy atom. The van der Waals surface area contributed by atoms with Crippen LogP contribution in [0.15, 0.2) is 48.5 Å². The van der Waals surface area contributed by atoms with Crippen LogP contribution < -0.4 is 10.9 Å². The van der Waals surface area contributed by atoms with Crippen LogP contribution in [0.2, 0.25) is 0 Å². The minimum absolute atomic E-state index is 0.0113. The number of nitro benzene ring substituents is 1. The van der Waals surface area contributed by atoms with E-state index in [-0.39, 0.29) is 18.0 Å². The molecule has 1 aromatic heterocycles. The standard InChI is InChI=1S/C21H20N4O3/c26-20(13-14-9-11-15(12-10-14)25(27)28)23-24-21-16-5-1-3-7-18(16)22-19-8-4-2-6-17(19)21/h1,3,5,7,9-12H,2,4,6,8,13H2,(H,22,24)(H,23,26). The highest BCUT2D eigenvalue weighted by atomic mass is 16.6. The van der Waals surface area contributed by atoms with Gasteiger partial charge in [-0.15, -0.1) is 0 Å². The van der Waals surface area contributed by atoms with Gasteiger partial charge in [0.2, 0.25) is 5.91 Å². The first-order valence-corrected chi connectivity index (χ1v) is 9.30. The van der Waals surface area contributed by atoms with Gasteiger partial charge in [-0.1, -0.05) is 30.3 Å². The Kier molecular flexibility index (Phi) is 4.89. The number of aromatic nitrogens is 1. The maximum Gasteiger partial charge on any atom is 0.269 e. The van der Waals surface area contributed by atoms with Gasteiger partial charge in [0, 0.05) is 23.2 Å². The van der Waals surface area contributed by atoms with E-state index < -0.39 is 4.92 Å². The highest BCUT2D eigenvalue weighted by Crippen LogP contribution is 2.32. The number of rotatable bonds is 5. The molecule has 0 atom stereocenters. The van der Waals surface area contributed by atoms with Crippen molar-refractivity contribution in [2.75, 3.05) is 5.43 Å². The van der Waals surface area contributed by atoms with E-state index in [0.29, 0.717) is 5.56 Å². The second-order valence-electron chi connectivity index (χ2n) is 6.91. The molecular formula is C21H20N4O3. The molecule has 2 N–H and O–H groups in total. The number of fused-ring (bicyclic) bond motifs is 2.